The zero-order chi connectivity index (χ0) is 18.2. The first kappa shape index (κ1) is 17.1. The molecule has 0 saturated carbocycles. The maximum atomic E-state index is 12.7. The largest absolute Gasteiger partial charge is 0.336 e. The lowest BCUT2D eigenvalue weighted by molar-refractivity contribution is 0.102. The Morgan fingerprint density at radius 2 is 2.04 bits per heavy atom. The molecule has 9 heteroatoms. The quantitative estimate of drug-likeness (QED) is 0.731. The summed E-state index contributed by atoms with van der Waals surface area (Å²) in [6, 6.07) is 8.15. The molecule has 2 heterocycles. The summed E-state index contributed by atoms with van der Waals surface area (Å²) in [6.07, 6.45) is 0. The smallest absolute Gasteiger partial charge is 0.258 e. The number of hydrogen-bond acceptors (Lipinski definition) is 6. The zero-order valence-corrected chi connectivity index (χ0v) is 14.4. The van der Waals surface area contributed by atoms with Crippen LogP contribution in [0.3, 0.4) is 0 Å². The second kappa shape index (κ2) is 6.26. The monoisotopic (exact) mass is 360 g/mol. The highest BCUT2D eigenvalue weighted by molar-refractivity contribution is 7.88. The van der Waals surface area contributed by atoms with Crippen molar-refractivity contribution in [2.45, 2.75) is 19.6 Å². The van der Waals surface area contributed by atoms with Gasteiger partial charge in [-0.25, -0.2) is 18.5 Å². The van der Waals surface area contributed by atoms with Crippen LogP contribution < -0.4 is 10.5 Å². The number of anilines is 1. The number of benzene rings is 1. The van der Waals surface area contributed by atoms with Gasteiger partial charge < -0.3 is 9.84 Å². The van der Waals surface area contributed by atoms with Crippen LogP contribution in [0.2, 0.25) is 0 Å². The molecule has 1 amide bonds. The topological polar surface area (TPSA) is 128 Å². The van der Waals surface area contributed by atoms with E-state index in [0.29, 0.717) is 39.3 Å². The normalized spacial score (nSPS) is 11.6. The van der Waals surface area contributed by atoms with Crippen molar-refractivity contribution < 1.29 is 17.7 Å². The highest BCUT2D eigenvalue weighted by atomic mass is 32.2. The zero-order valence-electron chi connectivity index (χ0n) is 13.6. The summed E-state index contributed by atoms with van der Waals surface area (Å²) in [4.78, 5) is 16.9. The molecule has 3 N–H and O–H groups in total. The summed E-state index contributed by atoms with van der Waals surface area (Å²) in [5.74, 6) is -0.672. The fourth-order valence-electron chi connectivity index (χ4n) is 2.57. The van der Waals surface area contributed by atoms with Gasteiger partial charge in [0.05, 0.1) is 22.4 Å². The molecular weight excluding hydrogens is 344 g/mol. The van der Waals surface area contributed by atoms with Crippen LogP contribution in [0, 0.1) is 13.8 Å². The first-order chi connectivity index (χ1) is 11.7. The van der Waals surface area contributed by atoms with Gasteiger partial charge in [-0.15, -0.1) is 0 Å². The third-order valence-corrected chi connectivity index (χ3v) is 4.28. The molecule has 130 valence electrons. The highest BCUT2D eigenvalue weighted by Gasteiger charge is 2.18. The molecule has 0 atom stereocenters. The number of nitrogens with two attached hydrogens (primary N) is 1. The summed E-state index contributed by atoms with van der Waals surface area (Å²) in [5, 5.41) is 12.2. The lowest BCUT2D eigenvalue weighted by Crippen LogP contribution is -2.15. The predicted octanol–water partition coefficient (Wildman–Crippen LogP) is 1.88. The Morgan fingerprint density at radius 1 is 1.28 bits per heavy atom. The van der Waals surface area contributed by atoms with Crippen LogP contribution in [0.4, 0.5) is 5.69 Å². The Morgan fingerprint density at radius 3 is 2.76 bits per heavy atom. The van der Waals surface area contributed by atoms with Gasteiger partial charge in [-0.1, -0.05) is 17.3 Å². The Bertz CT molecular complexity index is 1070. The van der Waals surface area contributed by atoms with Gasteiger partial charge in [-0.3, -0.25) is 4.79 Å². The Hall–Kier alpha value is -2.78. The summed E-state index contributed by atoms with van der Waals surface area (Å²) in [5.41, 5.74) is 2.82. The van der Waals surface area contributed by atoms with E-state index in [0.717, 1.165) is 0 Å². The minimum Gasteiger partial charge on any atom is -0.336 e. The van der Waals surface area contributed by atoms with Crippen LogP contribution in [0.25, 0.3) is 11.1 Å². The number of carbonyl (C=O) groups is 1. The van der Waals surface area contributed by atoms with Gasteiger partial charge in [0.1, 0.15) is 0 Å². The van der Waals surface area contributed by atoms with E-state index < -0.39 is 10.0 Å². The van der Waals surface area contributed by atoms with Crippen LogP contribution in [0.15, 0.2) is 34.9 Å². The van der Waals surface area contributed by atoms with Crippen LogP contribution in [-0.4, -0.2) is 24.5 Å². The molecule has 0 spiro atoms. The molecule has 0 aliphatic heterocycles. The second-order valence-corrected chi connectivity index (χ2v) is 7.34. The minimum atomic E-state index is -3.65. The number of fused-ring (bicyclic) bond motifs is 1. The number of amides is 1. The van der Waals surface area contributed by atoms with E-state index in [1.165, 1.54) is 0 Å². The Labute approximate surface area is 144 Å². The molecule has 3 rings (SSSR count). The standard InChI is InChI=1S/C16H16N4O4S/c1-9-6-13(14-10(2)20-24-16(14)18-9)15(21)19-12-5-3-4-11(7-12)8-25(17,22)23/h3-7H,8H2,1-2H3,(H,19,21)(H2,17,22,23). The van der Waals surface area contributed by atoms with Crippen molar-refractivity contribution in [2.24, 2.45) is 5.14 Å². The average molecular weight is 360 g/mol. The second-order valence-electron chi connectivity index (χ2n) is 5.72. The molecule has 8 nitrogen and oxygen atoms in total. The summed E-state index contributed by atoms with van der Waals surface area (Å²) < 4.78 is 27.5. The van der Waals surface area contributed by atoms with Crippen molar-refractivity contribution in [3.63, 3.8) is 0 Å². The van der Waals surface area contributed by atoms with Crippen molar-refractivity contribution in [3.8, 4) is 0 Å². The lowest BCUT2D eigenvalue weighted by atomic mass is 10.1. The van der Waals surface area contributed by atoms with Gasteiger partial charge in [-0.2, -0.15) is 0 Å². The van der Waals surface area contributed by atoms with Crippen molar-refractivity contribution >= 4 is 32.7 Å². The number of aryl methyl sites for hydroxylation is 2. The molecule has 2 aromatic heterocycles. The first-order valence-corrected chi connectivity index (χ1v) is 9.09. The molecule has 25 heavy (non-hydrogen) atoms. The summed E-state index contributed by atoms with van der Waals surface area (Å²) in [7, 11) is -3.65. The fraction of sp³-hybridized carbons (Fsp3) is 0.188. The average Bonchev–Trinajstić information content (AvgIpc) is 2.86. The SMILES string of the molecule is Cc1cc(C(=O)Nc2cccc(CS(N)(=O)=O)c2)c2c(C)noc2n1. The van der Waals surface area contributed by atoms with E-state index in [9.17, 15) is 13.2 Å². The molecular formula is C16H16N4O4S. The van der Waals surface area contributed by atoms with Gasteiger partial charge in [-0.05, 0) is 37.6 Å². The summed E-state index contributed by atoms with van der Waals surface area (Å²) in [6.45, 7) is 3.48. The van der Waals surface area contributed by atoms with Crippen molar-refractivity contribution in [1.82, 2.24) is 10.1 Å². The molecule has 0 fully saturated rings. The number of nitrogens with zero attached hydrogens (tertiary/aromatic N) is 2. The van der Waals surface area contributed by atoms with Gasteiger partial charge in [0.25, 0.3) is 11.6 Å². The Kier molecular flexibility index (Phi) is 4.27. The fourth-order valence-corrected chi connectivity index (χ4v) is 3.21. The van der Waals surface area contributed by atoms with E-state index in [-0.39, 0.29) is 11.7 Å². The molecule has 3 aromatic rings. The number of carbonyl (C=O) groups excluding carboxylic acids is 1. The molecule has 0 unspecified atom stereocenters. The van der Waals surface area contributed by atoms with Crippen LogP contribution >= 0.6 is 0 Å². The maximum Gasteiger partial charge on any atom is 0.258 e. The van der Waals surface area contributed by atoms with E-state index in [1.807, 2.05) is 0 Å². The number of sulfonamides is 1. The number of pyridine rings is 1. The van der Waals surface area contributed by atoms with Crippen LogP contribution in [-0.2, 0) is 15.8 Å². The Balaban J connectivity index is 1.93. The lowest BCUT2D eigenvalue weighted by Gasteiger charge is -2.08. The van der Waals surface area contributed by atoms with E-state index >= 15 is 0 Å². The van der Waals surface area contributed by atoms with Crippen molar-refractivity contribution in [1.29, 1.82) is 0 Å². The van der Waals surface area contributed by atoms with E-state index in [4.69, 9.17) is 9.66 Å². The van der Waals surface area contributed by atoms with Gasteiger partial charge >= 0.3 is 0 Å². The van der Waals surface area contributed by atoms with E-state index in [1.54, 1.807) is 44.2 Å². The van der Waals surface area contributed by atoms with Gasteiger partial charge in [0, 0.05) is 11.4 Å². The third kappa shape index (κ3) is 3.83. The maximum absolute atomic E-state index is 12.7. The van der Waals surface area contributed by atoms with Gasteiger partial charge in [0.15, 0.2) is 0 Å². The molecule has 0 radical (unpaired) electrons. The number of hydrogen-bond donors (Lipinski definition) is 2. The molecule has 0 saturated heterocycles. The van der Waals surface area contributed by atoms with E-state index in [2.05, 4.69) is 15.5 Å². The number of primary sulfonamides is 1. The minimum absolute atomic E-state index is 0.297. The van der Waals surface area contributed by atoms with Crippen molar-refractivity contribution in [2.75, 3.05) is 5.32 Å². The molecule has 0 aliphatic rings. The number of nitrogens with one attached hydrogen (secondary N) is 1. The number of aromatic nitrogens is 2. The molecule has 0 aliphatic carbocycles. The highest BCUT2D eigenvalue weighted by Crippen LogP contribution is 2.23. The van der Waals surface area contributed by atoms with Crippen molar-refractivity contribution in [3.05, 3.63) is 52.8 Å². The first-order valence-electron chi connectivity index (χ1n) is 7.37. The third-order valence-electron chi connectivity index (χ3n) is 3.54. The molecule has 1 aromatic carbocycles. The number of rotatable bonds is 4. The van der Waals surface area contributed by atoms with Crippen LogP contribution in [0.5, 0.6) is 0 Å². The van der Waals surface area contributed by atoms with Gasteiger partial charge in [0.2, 0.25) is 10.0 Å². The molecule has 0 bridgehead atoms. The van der Waals surface area contributed by atoms with Crippen LogP contribution in [0.1, 0.15) is 27.3 Å². The predicted molar refractivity (Wildman–Crippen MR) is 92.5 cm³/mol. The summed E-state index contributed by atoms with van der Waals surface area (Å²) >= 11 is 0.